The van der Waals surface area contributed by atoms with Gasteiger partial charge in [-0.3, -0.25) is 0 Å². The molecular formula is C12H15ClN4O. The van der Waals surface area contributed by atoms with E-state index in [9.17, 15) is 0 Å². The lowest BCUT2D eigenvalue weighted by Gasteiger charge is -2.06. The van der Waals surface area contributed by atoms with Crippen LogP contribution in [0.3, 0.4) is 0 Å². The number of tetrazole rings is 1. The highest BCUT2D eigenvalue weighted by atomic mass is 35.5. The summed E-state index contributed by atoms with van der Waals surface area (Å²) in [4.78, 5) is 0. The van der Waals surface area contributed by atoms with Crippen molar-refractivity contribution in [1.82, 2.24) is 20.2 Å². The van der Waals surface area contributed by atoms with Crippen molar-refractivity contribution in [2.24, 2.45) is 0 Å². The Morgan fingerprint density at radius 1 is 1.28 bits per heavy atom. The molecule has 0 saturated carbocycles. The summed E-state index contributed by atoms with van der Waals surface area (Å²) in [5.74, 6) is 1.49. The maximum atomic E-state index is 5.80. The van der Waals surface area contributed by atoms with Crippen LogP contribution >= 0.6 is 11.6 Å². The van der Waals surface area contributed by atoms with Crippen molar-refractivity contribution in [3.05, 3.63) is 35.1 Å². The second-order valence-electron chi connectivity index (χ2n) is 3.91. The van der Waals surface area contributed by atoms with Crippen LogP contribution in [0.5, 0.6) is 5.75 Å². The molecule has 96 valence electrons. The third kappa shape index (κ3) is 3.43. The summed E-state index contributed by atoms with van der Waals surface area (Å²) in [5.41, 5.74) is 0. The van der Waals surface area contributed by atoms with E-state index in [0.717, 1.165) is 31.0 Å². The van der Waals surface area contributed by atoms with Crippen molar-refractivity contribution < 1.29 is 4.74 Å². The number of halogens is 1. The molecule has 2 aromatic rings. The highest BCUT2D eigenvalue weighted by Gasteiger charge is 2.06. The van der Waals surface area contributed by atoms with E-state index in [4.69, 9.17) is 16.3 Å². The van der Waals surface area contributed by atoms with Crippen LogP contribution in [-0.2, 0) is 13.2 Å². The van der Waals surface area contributed by atoms with Gasteiger partial charge in [-0.25, -0.2) is 4.68 Å². The molecule has 0 aliphatic rings. The van der Waals surface area contributed by atoms with Crippen molar-refractivity contribution in [3.8, 4) is 5.75 Å². The van der Waals surface area contributed by atoms with Crippen molar-refractivity contribution in [1.29, 1.82) is 0 Å². The molecule has 1 aromatic heterocycles. The molecule has 18 heavy (non-hydrogen) atoms. The lowest BCUT2D eigenvalue weighted by Crippen LogP contribution is -2.08. The number of hydrogen-bond donors (Lipinski definition) is 0. The van der Waals surface area contributed by atoms with E-state index in [-0.39, 0.29) is 0 Å². The molecule has 0 atom stereocenters. The summed E-state index contributed by atoms with van der Waals surface area (Å²) in [6.45, 7) is 3.31. The van der Waals surface area contributed by atoms with Crippen molar-refractivity contribution in [2.45, 2.75) is 32.9 Å². The van der Waals surface area contributed by atoms with Gasteiger partial charge < -0.3 is 4.74 Å². The first-order valence-corrected chi connectivity index (χ1v) is 6.31. The molecule has 0 spiro atoms. The number of benzene rings is 1. The van der Waals surface area contributed by atoms with Crippen LogP contribution in [0, 0.1) is 0 Å². The van der Waals surface area contributed by atoms with Crippen molar-refractivity contribution >= 4 is 11.6 Å². The Bertz CT molecular complexity index is 483. The average Bonchev–Trinajstić information content (AvgIpc) is 2.83. The number of ether oxygens (including phenoxy) is 1. The molecular weight excluding hydrogens is 252 g/mol. The zero-order valence-electron chi connectivity index (χ0n) is 10.2. The molecule has 0 saturated heterocycles. The van der Waals surface area contributed by atoms with Gasteiger partial charge >= 0.3 is 0 Å². The fourth-order valence-electron chi connectivity index (χ4n) is 1.49. The fraction of sp³-hybridized carbons (Fsp3) is 0.417. The predicted octanol–water partition coefficient (Wildman–Crippen LogP) is 2.71. The van der Waals surface area contributed by atoms with Crippen LogP contribution in [0.2, 0.25) is 5.02 Å². The largest absolute Gasteiger partial charge is 0.486 e. The average molecular weight is 267 g/mol. The third-order valence-electron chi connectivity index (χ3n) is 2.51. The summed E-state index contributed by atoms with van der Waals surface area (Å²) in [6, 6.07) is 7.22. The van der Waals surface area contributed by atoms with E-state index < -0.39 is 0 Å². The number of rotatable bonds is 6. The Labute approximate surface area is 111 Å². The van der Waals surface area contributed by atoms with Gasteiger partial charge in [-0.05, 0) is 41.1 Å². The van der Waals surface area contributed by atoms with Gasteiger partial charge in [0, 0.05) is 11.6 Å². The van der Waals surface area contributed by atoms with Gasteiger partial charge in [-0.15, -0.1) is 5.10 Å². The normalized spacial score (nSPS) is 10.6. The molecule has 0 bridgehead atoms. The molecule has 0 fully saturated rings. The monoisotopic (exact) mass is 266 g/mol. The van der Waals surface area contributed by atoms with Crippen LogP contribution in [0.4, 0.5) is 0 Å². The van der Waals surface area contributed by atoms with Gasteiger partial charge in [0.1, 0.15) is 12.4 Å². The molecule has 0 aliphatic heterocycles. The second-order valence-corrected chi connectivity index (χ2v) is 4.35. The summed E-state index contributed by atoms with van der Waals surface area (Å²) >= 11 is 5.80. The smallest absolute Gasteiger partial charge is 0.189 e. The molecule has 6 heteroatoms. The van der Waals surface area contributed by atoms with Crippen LogP contribution < -0.4 is 4.74 Å². The Morgan fingerprint density at radius 3 is 2.78 bits per heavy atom. The van der Waals surface area contributed by atoms with Gasteiger partial charge in [0.15, 0.2) is 5.82 Å². The zero-order valence-corrected chi connectivity index (χ0v) is 11.0. The van der Waals surface area contributed by atoms with E-state index >= 15 is 0 Å². The standard InChI is InChI=1S/C12H15ClN4O/c1-2-3-8-17-12(14-15-16-17)9-18-11-6-4-10(13)5-7-11/h4-7H,2-3,8-9H2,1H3. The highest BCUT2D eigenvalue weighted by molar-refractivity contribution is 6.30. The quantitative estimate of drug-likeness (QED) is 0.807. The molecule has 0 radical (unpaired) electrons. The molecule has 0 aliphatic carbocycles. The van der Waals surface area contributed by atoms with E-state index in [0.29, 0.717) is 11.6 Å². The van der Waals surface area contributed by atoms with Gasteiger partial charge in [-0.1, -0.05) is 24.9 Å². The summed E-state index contributed by atoms with van der Waals surface area (Å²) < 4.78 is 7.38. The minimum absolute atomic E-state index is 0.359. The Morgan fingerprint density at radius 2 is 2.06 bits per heavy atom. The molecule has 1 heterocycles. The Kier molecular flexibility index (Phi) is 4.52. The molecule has 0 unspecified atom stereocenters. The lowest BCUT2D eigenvalue weighted by molar-refractivity contribution is 0.285. The first kappa shape index (κ1) is 12.8. The molecule has 1 aromatic carbocycles. The maximum absolute atomic E-state index is 5.80. The zero-order chi connectivity index (χ0) is 12.8. The number of aryl methyl sites for hydroxylation is 1. The van der Waals surface area contributed by atoms with E-state index in [2.05, 4.69) is 22.4 Å². The van der Waals surface area contributed by atoms with E-state index in [1.165, 1.54) is 0 Å². The SMILES string of the molecule is CCCCn1nnnc1COc1ccc(Cl)cc1. The lowest BCUT2D eigenvalue weighted by atomic mass is 10.3. The van der Waals surface area contributed by atoms with Gasteiger partial charge in [-0.2, -0.15) is 0 Å². The summed E-state index contributed by atoms with van der Waals surface area (Å²) in [6.07, 6.45) is 2.16. The van der Waals surface area contributed by atoms with E-state index in [1.807, 2.05) is 12.1 Å². The van der Waals surface area contributed by atoms with Gasteiger partial charge in [0.05, 0.1) is 0 Å². The first-order chi connectivity index (χ1) is 8.79. The van der Waals surface area contributed by atoms with Crippen LogP contribution in [0.25, 0.3) is 0 Å². The first-order valence-electron chi connectivity index (χ1n) is 5.93. The van der Waals surface area contributed by atoms with Crippen LogP contribution in [-0.4, -0.2) is 20.2 Å². The second kappa shape index (κ2) is 6.35. The molecule has 5 nitrogen and oxygen atoms in total. The molecule has 2 rings (SSSR count). The van der Waals surface area contributed by atoms with Crippen molar-refractivity contribution in [3.63, 3.8) is 0 Å². The summed E-state index contributed by atoms with van der Waals surface area (Å²) in [7, 11) is 0. The highest BCUT2D eigenvalue weighted by Crippen LogP contribution is 2.16. The van der Waals surface area contributed by atoms with Crippen LogP contribution in [0.1, 0.15) is 25.6 Å². The topological polar surface area (TPSA) is 52.8 Å². The Hall–Kier alpha value is -1.62. The Balaban J connectivity index is 1.93. The van der Waals surface area contributed by atoms with Gasteiger partial charge in [0.2, 0.25) is 0 Å². The third-order valence-corrected chi connectivity index (χ3v) is 2.76. The van der Waals surface area contributed by atoms with Crippen LogP contribution in [0.15, 0.2) is 24.3 Å². The van der Waals surface area contributed by atoms with Crippen molar-refractivity contribution in [2.75, 3.05) is 0 Å². The predicted molar refractivity (Wildman–Crippen MR) is 68.5 cm³/mol. The number of nitrogens with zero attached hydrogens (tertiary/aromatic N) is 4. The number of hydrogen-bond acceptors (Lipinski definition) is 4. The molecule has 0 amide bonds. The number of unbranched alkanes of at least 4 members (excludes halogenated alkanes) is 1. The molecule has 0 N–H and O–H groups in total. The van der Waals surface area contributed by atoms with E-state index in [1.54, 1.807) is 16.8 Å². The minimum Gasteiger partial charge on any atom is -0.486 e. The summed E-state index contributed by atoms with van der Waals surface area (Å²) in [5, 5.41) is 12.2. The number of aromatic nitrogens is 4. The fourth-order valence-corrected chi connectivity index (χ4v) is 1.61. The maximum Gasteiger partial charge on any atom is 0.189 e. The van der Waals surface area contributed by atoms with Gasteiger partial charge in [0.25, 0.3) is 0 Å². The minimum atomic E-state index is 0.359.